The van der Waals surface area contributed by atoms with Crippen LogP contribution in [0, 0.1) is 11.7 Å². The molecule has 2 atom stereocenters. The van der Waals surface area contributed by atoms with E-state index in [0.29, 0.717) is 12.0 Å². The monoisotopic (exact) mass is 305 g/mol. The largest absolute Gasteiger partial charge is 0.258 e. The van der Waals surface area contributed by atoms with Gasteiger partial charge in [0, 0.05) is 5.75 Å². The van der Waals surface area contributed by atoms with Crippen molar-refractivity contribution in [2.75, 3.05) is 5.75 Å². The molecule has 1 aromatic rings. The molecule has 3 nitrogen and oxygen atoms in total. The summed E-state index contributed by atoms with van der Waals surface area (Å²) < 4.78 is 12.9. The topological polar surface area (TPSA) is 36.8 Å². The lowest BCUT2D eigenvalue weighted by atomic mass is 9.86. The van der Waals surface area contributed by atoms with Gasteiger partial charge in [-0.25, -0.2) is 4.39 Å². The minimum Gasteiger partial charge on any atom is -0.258 e. The summed E-state index contributed by atoms with van der Waals surface area (Å²) in [6, 6.07) is 6.89. The molecule has 1 saturated carbocycles. The Labute approximate surface area is 129 Å². The third-order valence-electron chi connectivity index (χ3n) is 4.16. The maximum absolute atomic E-state index is 12.9. The van der Waals surface area contributed by atoms with Crippen LogP contribution in [0.5, 0.6) is 0 Å². The summed E-state index contributed by atoms with van der Waals surface area (Å²) in [7, 11) is 0. The molecule has 0 radical (unpaired) electrons. The number of benzene rings is 1. The summed E-state index contributed by atoms with van der Waals surface area (Å²) in [5, 5.41) is 5.31. The van der Waals surface area contributed by atoms with Crippen molar-refractivity contribution >= 4 is 22.6 Å². The molecule has 0 amide bonds. The summed E-state index contributed by atoms with van der Waals surface area (Å²) in [6.07, 6.45) is 5.06. The van der Waals surface area contributed by atoms with Crippen LogP contribution in [-0.2, 0) is 0 Å². The van der Waals surface area contributed by atoms with Crippen LogP contribution in [0.3, 0.4) is 0 Å². The zero-order valence-corrected chi connectivity index (χ0v) is 13.0. The second-order valence-electron chi connectivity index (χ2n) is 5.73. The Kier molecular flexibility index (Phi) is 4.58. The second-order valence-corrected chi connectivity index (χ2v) is 6.69. The highest BCUT2D eigenvalue weighted by Crippen LogP contribution is 2.27. The third kappa shape index (κ3) is 3.64. The van der Waals surface area contributed by atoms with Gasteiger partial charge in [-0.3, -0.25) is 10.4 Å². The van der Waals surface area contributed by atoms with Crippen LogP contribution in [0.25, 0.3) is 0 Å². The van der Waals surface area contributed by atoms with Gasteiger partial charge in [-0.2, -0.15) is 5.10 Å². The fourth-order valence-electron chi connectivity index (χ4n) is 2.81. The third-order valence-corrected chi connectivity index (χ3v) is 5.05. The Morgan fingerprint density at radius 3 is 2.67 bits per heavy atom. The maximum atomic E-state index is 12.9. The van der Waals surface area contributed by atoms with Gasteiger partial charge in [0.05, 0.1) is 11.8 Å². The first-order valence-corrected chi connectivity index (χ1v) is 8.50. The van der Waals surface area contributed by atoms with Gasteiger partial charge in [0.2, 0.25) is 0 Å². The van der Waals surface area contributed by atoms with Crippen LogP contribution in [0.15, 0.2) is 34.4 Å². The van der Waals surface area contributed by atoms with E-state index >= 15 is 0 Å². The van der Waals surface area contributed by atoms with Gasteiger partial charge in [0.25, 0.3) is 0 Å². The minimum atomic E-state index is -0.218. The fourth-order valence-corrected chi connectivity index (χ4v) is 3.64. The zero-order valence-electron chi connectivity index (χ0n) is 12.2. The molecule has 2 aliphatic rings. The molecule has 0 unspecified atom stereocenters. The van der Waals surface area contributed by atoms with E-state index in [4.69, 9.17) is 4.99 Å². The van der Waals surface area contributed by atoms with Gasteiger partial charge >= 0.3 is 0 Å². The van der Waals surface area contributed by atoms with Crippen LogP contribution >= 0.6 is 11.8 Å². The number of hydrogen-bond donors (Lipinski definition) is 1. The summed E-state index contributed by atoms with van der Waals surface area (Å²) in [6.45, 7) is 2.29. The van der Waals surface area contributed by atoms with Gasteiger partial charge in [-0.05, 0) is 36.5 Å². The van der Waals surface area contributed by atoms with E-state index in [2.05, 4.69) is 17.5 Å². The van der Waals surface area contributed by atoms with Gasteiger partial charge in [0.1, 0.15) is 5.82 Å². The maximum Gasteiger partial charge on any atom is 0.177 e. The first-order chi connectivity index (χ1) is 10.2. The van der Waals surface area contributed by atoms with Gasteiger partial charge in [-0.1, -0.05) is 43.7 Å². The summed E-state index contributed by atoms with van der Waals surface area (Å²) in [5.41, 5.74) is 4.96. The van der Waals surface area contributed by atoms with Crippen molar-refractivity contribution in [1.29, 1.82) is 0 Å². The van der Waals surface area contributed by atoms with E-state index < -0.39 is 0 Å². The van der Waals surface area contributed by atoms with Gasteiger partial charge < -0.3 is 0 Å². The van der Waals surface area contributed by atoms with Gasteiger partial charge in [-0.15, -0.1) is 0 Å². The molecule has 3 rings (SSSR count). The predicted octanol–water partition coefficient (Wildman–Crippen LogP) is 3.80. The molecule has 112 valence electrons. The number of thioether (sulfide) groups is 1. The Bertz CT molecular complexity index is 553. The highest BCUT2D eigenvalue weighted by atomic mass is 32.2. The average Bonchev–Trinajstić information content (AvgIpc) is 2.51. The van der Waals surface area contributed by atoms with E-state index in [0.717, 1.165) is 22.2 Å². The van der Waals surface area contributed by atoms with Crippen molar-refractivity contribution in [1.82, 2.24) is 5.43 Å². The smallest absolute Gasteiger partial charge is 0.177 e. The van der Waals surface area contributed by atoms with Crippen LogP contribution in [0.2, 0.25) is 0 Å². The van der Waals surface area contributed by atoms with Crippen LogP contribution in [0.4, 0.5) is 4.39 Å². The number of rotatable bonds is 2. The number of halogens is 1. The Balaban J connectivity index is 1.67. The van der Waals surface area contributed by atoms with E-state index in [1.165, 1.54) is 37.8 Å². The SMILES string of the molecule is C[C@@H]1CCCC[C@@H]1N=C1NN=C(c2ccc(F)cc2)CS1. The lowest BCUT2D eigenvalue weighted by molar-refractivity contribution is 0.333. The molecule has 1 N–H and O–H groups in total. The molecule has 5 heteroatoms. The highest BCUT2D eigenvalue weighted by molar-refractivity contribution is 8.14. The van der Waals surface area contributed by atoms with Crippen molar-refractivity contribution in [2.24, 2.45) is 16.0 Å². The Morgan fingerprint density at radius 2 is 2.00 bits per heavy atom. The molecule has 0 bridgehead atoms. The summed E-state index contributed by atoms with van der Waals surface area (Å²) >= 11 is 1.68. The standard InChI is InChI=1S/C16H20FN3S/c1-11-4-2-3-5-14(11)18-16-20-19-15(10-21-16)12-6-8-13(17)9-7-12/h6-9,11,14H,2-5,10H2,1H3,(H,18,20)/t11-,14+/m1/s1. The molecule has 0 saturated heterocycles. The first kappa shape index (κ1) is 14.6. The molecular formula is C16H20FN3S. The van der Waals surface area contributed by atoms with E-state index in [9.17, 15) is 4.39 Å². The molecule has 1 heterocycles. The van der Waals surface area contributed by atoms with Crippen molar-refractivity contribution < 1.29 is 4.39 Å². The van der Waals surface area contributed by atoms with E-state index in [1.54, 1.807) is 23.9 Å². The van der Waals surface area contributed by atoms with E-state index in [-0.39, 0.29) is 5.82 Å². The number of nitrogens with one attached hydrogen (secondary N) is 1. The molecule has 1 fully saturated rings. The van der Waals surface area contributed by atoms with Crippen molar-refractivity contribution in [3.05, 3.63) is 35.6 Å². The number of hydrazone groups is 1. The van der Waals surface area contributed by atoms with Crippen LogP contribution in [0.1, 0.15) is 38.2 Å². The van der Waals surface area contributed by atoms with Crippen LogP contribution in [-0.4, -0.2) is 22.7 Å². The molecule has 1 aliphatic carbocycles. The number of hydrogen-bond acceptors (Lipinski definition) is 3. The fraction of sp³-hybridized carbons (Fsp3) is 0.500. The Morgan fingerprint density at radius 1 is 1.24 bits per heavy atom. The van der Waals surface area contributed by atoms with Crippen molar-refractivity contribution in [3.8, 4) is 0 Å². The van der Waals surface area contributed by atoms with Crippen molar-refractivity contribution in [2.45, 2.75) is 38.6 Å². The summed E-state index contributed by atoms with van der Waals surface area (Å²) in [5.74, 6) is 1.22. The summed E-state index contributed by atoms with van der Waals surface area (Å²) in [4.78, 5) is 4.82. The lowest BCUT2D eigenvalue weighted by Gasteiger charge is -2.26. The average molecular weight is 305 g/mol. The van der Waals surface area contributed by atoms with Gasteiger partial charge in [0.15, 0.2) is 5.17 Å². The minimum absolute atomic E-state index is 0.218. The quantitative estimate of drug-likeness (QED) is 0.902. The lowest BCUT2D eigenvalue weighted by Crippen LogP contribution is -2.29. The highest BCUT2D eigenvalue weighted by Gasteiger charge is 2.22. The van der Waals surface area contributed by atoms with Crippen molar-refractivity contribution in [3.63, 3.8) is 0 Å². The molecule has 21 heavy (non-hydrogen) atoms. The molecule has 1 aromatic carbocycles. The normalized spacial score (nSPS) is 28.1. The molecule has 0 spiro atoms. The van der Waals surface area contributed by atoms with E-state index in [1.807, 2.05) is 0 Å². The first-order valence-electron chi connectivity index (χ1n) is 7.51. The zero-order chi connectivity index (χ0) is 14.7. The number of nitrogens with zero attached hydrogens (tertiary/aromatic N) is 2. The number of aliphatic imine (C=N–C) groups is 1. The predicted molar refractivity (Wildman–Crippen MR) is 87.4 cm³/mol. The molecular weight excluding hydrogens is 285 g/mol. The molecule has 1 aliphatic heterocycles. The van der Waals surface area contributed by atoms with Crippen LogP contribution < -0.4 is 5.43 Å². The second kappa shape index (κ2) is 6.60. The molecule has 0 aromatic heterocycles. The Hall–Kier alpha value is -1.36. The number of amidine groups is 1.